The van der Waals surface area contributed by atoms with E-state index in [2.05, 4.69) is 6.58 Å². The number of carbonyl (C=O) groups is 1. The number of hydrogen-bond donors (Lipinski definition) is 2. The van der Waals surface area contributed by atoms with Crippen molar-refractivity contribution in [2.45, 2.75) is 145 Å². The van der Waals surface area contributed by atoms with Crippen molar-refractivity contribution in [3.8, 4) is 0 Å². The second kappa shape index (κ2) is 11.2. The lowest BCUT2D eigenvalue weighted by atomic mass is 9.82. The molecule has 0 amide bonds. The summed E-state index contributed by atoms with van der Waals surface area (Å²) in [7, 11) is 0. The first-order valence-electron chi connectivity index (χ1n) is 12.9. The highest BCUT2D eigenvalue weighted by atomic mass is 19.4. The van der Waals surface area contributed by atoms with E-state index in [9.17, 15) is 41.4 Å². The van der Waals surface area contributed by atoms with Gasteiger partial charge in [0.05, 0.1) is 17.8 Å². The SMILES string of the molecule is C=C(C)C(=O)OC(CC1(OC(C)C(C)(O)C(F)(F)F)CCCC1)C1(OC(C)C(C)(O)C(F)(F)F)CCCC1. The summed E-state index contributed by atoms with van der Waals surface area (Å²) in [6.07, 6.45) is -11.6. The molecular formula is C26H40F6O6. The molecule has 0 aliphatic heterocycles. The van der Waals surface area contributed by atoms with E-state index in [1.807, 2.05) is 0 Å². The van der Waals surface area contributed by atoms with Crippen molar-refractivity contribution in [2.24, 2.45) is 0 Å². The predicted octanol–water partition coefficient (Wildman–Crippen LogP) is 5.93. The van der Waals surface area contributed by atoms with Gasteiger partial charge in [0, 0.05) is 12.0 Å². The molecule has 5 atom stereocenters. The van der Waals surface area contributed by atoms with E-state index in [1.165, 1.54) is 6.92 Å². The van der Waals surface area contributed by atoms with Gasteiger partial charge in [-0.2, -0.15) is 26.3 Å². The van der Waals surface area contributed by atoms with Crippen LogP contribution in [0.4, 0.5) is 26.3 Å². The standard InChI is InChI=1S/C26H40F6O6/c1-16(2)20(33)36-19(24(13-9-10-14-24)38-18(4)22(6,35)26(30,31)32)15-23(11-7-8-12-23)37-17(3)21(5,34)25(27,28)29/h17-19,34-35H,1,7-15H2,2-6H3. The van der Waals surface area contributed by atoms with Gasteiger partial charge in [0.15, 0.2) is 11.2 Å². The summed E-state index contributed by atoms with van der Waals surface area (Å²) in [5.41, 5.74) is -9.08. The van der Waals surface area contributed by atoms with Gasteiger partial charge in [-0.25, -0.2) is 4.79 Å². The highest BCUT2D eigenvalue weighted by Gasteiger charge is 2.59. The molecule has 0 aromatic carbocycles. The minimum atomic E-state index is -5.01. The number of esters is 1. The van der Waals surface area contributed by atoms with Crippen LogP contribution in [-0.4, -0.2) is 69.3 Å². The quantitative estimate of drug-likeness (QED) is 0.185. The maximum Gasteiger partial charge on any atom is 0.419 e. The molecule has 0 heterocycles. The molecule has 5 unspecified atom stereocenters. The van der Waals surface area contributed by atoms with Gasteiger partial charge in [-0.15, -0.1) is 0 Å². The van der Waals surface area contributed by atoms with Crippen LogP contribution in [0.15, 0.2) is 12.2 Å². The van der Waals surface area contributed by atoms with E-state index in [1.54, 1.807) is 0 Å². The topological polar surface area (TPSA) is 85.2 Å². The lowest BCUT2D eigenvalue weighted by molar-refractivity contribution is -0.311. The first-order chi connectivity index (χ1) is 17.1. The summed E-state index contributed by atoms with van der Waals surface area (Å²) in [5, 5.41) is 20.4. The Labute approximate surface area is 219 Å². The highest BCUT2D eigenvalue weighted by Crippen LogP contribution is 2.48. The van der Waals surface area contributed by atoms with Crippen LogP contribution in [0.1, 0.15) is 92.4 Å². The Kier molecular flexibility index (Phi) is 9.72. The van der Waals surface area contributed by atoms with Crippen LogP contribution in [0.25, 0.3) is 0 Å². The fourth-order valence-electron chi connectivity index (χ4n) is 5.20. The van der Waals surface area contributed by atoms with E-state index >= 15 is 0 Å². The molecule has 2 rings (SSSR count). The number of alkyl halides is 6. The van der Waals surface area contributed by atoms with Crippen molar-refractivity contribution in [2.75, 3.05) is 0 Å². The zero-order valence-electron chi connectivity index (χ0n) is 22.6. The molecule has 12 heteroatoms. The maximum absolute atomic E-state index is 13.6. The molecule has 2 saturated carbocycles. The Balaban J connectivity index is 2.48. The van der Waals surface area contributed by atoms with Gasteiger partial charge >= 0.3 is 18.3 Å². The Morgan fingerprint density at radius 2 is 1.24 bits per heavy atom. The lowest BCUT2D eigenvalue weighted by Crippen LogP contribution is -2.59. The molecule has 222 valence electrons. The van der Waals surface area contributed by atoms with E-state index in [0.29, 0.717) is 39.5 Å². The fourth-order valence-corrected chi connectivity index (χ4v) is 5.20. The summed E-state index contributed by atoms with van der Waals surface area (Å²) in [4.78, 5) is 12.6. The Morgan fingerprint density at radius 3 is 1.63 bits per heavy atom. The van der Waals surface area contributed by atoms with Crippen molar-refractivity contribution < 1.29 is 55.6 Å². The molecule has 0 spiro atoms. The summed E-state index contributed by atoms with van der Waals surface area (Å²) < 4.78 is 98.9. The van der Waals surface area contributed by atoms with E-state index < -0.39 is 59.0 Å². The molecule has 38 heavy (non-hydrogen) atoms. The van der Waals surface area contributed by atoms with Crippen LogP contribution in [0.5, 0.6) is 0 Å². The second-order valence-electron chi connectivity index (χ2n) is 11.4. The van der Waals surface area contributed by atoms with E-state index in [-0.39, 0.29) is 37.7 Å². The average molecular weight is 563 g/mol. The van der Waals surface area contributed by atoms with Gasteiger partial charge in [0.1, 0.15) is 11.7 Å². The van der Waals surface area contributed by atoms with Gasteiger partial charge in [0.25, 0.3) is 0 Å². The lowest BCUT2D eigenvalue weighted by Gasteiger charge is -2.46. The molecule has 0 radical (unpaired) electrons. The largest absolute Gasteiger partial charge is 0.456 e. The first kappa shape index (κ1) is 32.8. The predicted molar refractivity (Wildman–Crippen MR) is 126 cm³/mol. The fraction of sp³-hybridized carbons (Fsp3) is 0.885. The Bertz CT molecular complexity index is 838. The van der Waals surface area contributed by atoms with Gasteiger partial charge in [-0.1, -0.05) is 32.3 Å². The second-order valence-corrected chi connectivity index (χ2v) is 11.4. The van der Waals surface area contributed by atoms with Gasteiger partial charge < -0.3 is 24.4 Å². The molecule has 0 saturated heterocycles. The van der Waals surface area contributed by atoms with E-state index in [0.717, 1.165) is 13.8 Å². The van der Waals surface area contributed by atoms with Crippen LogP contribution in [-0.2, 0) is 19.0 Å². The Hall–Kier alpha value is -1.37. The van der Waals surface area contributed by atoms with Crippen molar-refractivity contribution in [3.05, 3.63) is 12.2 Å². The van der Waals surface area contributed by atoms with Crippen LogP contribution < -0.4 is 0 Å². The third-order valence-corrected chi connectivity index (χ3v) is 8.28. The van der Waals surface area contributed by atoms with Crippen LogP contribution in [0, 0.1) is 0 Å². The third kappa shape index (κ3) is 6.85. The molecule has 0 aromatic heterocycles. The van der Waals surface area contributed by atoms with Crippen LogP contribution in [0.3, 0.4) is 0 Å². The normalized spacial score (nSPS) is 25.2. The zero-order chi connectivity index (χ0) is 29.4. The van der Waals surface area contributed by atoms with Crippen LogP contribution in [0.2, 0.25) is 0 Å². The number of carbonyl (C=O) groups excluding carboxylic acids is 1. The van der Waals surface area contributed by atoms with Gasteiger partial charge in [0.2, 0.25) is 0 Å². The number of aliphatic hydroxyl groups is 2. The van der Waals surface area contributed by atoms with Crippen molar-refractivity contribution in [1.82, 2.24) is 0 Å². The highest BCUT2D eigenvalue weighted by molar-refractivity contribution is 5.87. The number of hydrogen-bond acceptors (Lipinski definition) is 6. The summed E-state index contributed by atoms with van der Waals surface area (Å²) in [5.74, 6) is -0.830. The van der Waals surface area contributed by atoms with Gasteiger partial charge in [-0.05, 0) is 60.3 Å². The smallest absolute Gasteiger partial charge is 0.419 e. The average Bonchev–Trinajstić information content (AvgIpc) is 3.42. The van der Waals surface area contributed by atoms with Gasteiger partial charge in [-0.3, -0.25) is 0 Å². The van der Waals surface area contributed by atoms with Crippen molar-refractivity contribution in [3.63, 3.8) is 0 Å². The minimum Gasteiger partial charge on any atom is -0.456 e. The summed E-state index contributed by atoms with van der Waals surface area (Å²) in [6.45, 7) is 8.34. The number of halogens is 6. The number of rotatable bonds is 11. The minimum absolute atomic E-state index is 0.0215. The molecule has 2 aliphatic carbocycles. The molecule has 0 bridgehead atoms. The van der Waals surface area contributed by atoms with Crippen LogP contribution >= 0.6 is 0 Å². The molecule has 6 nitrogen and oxygen atoms in total. The van der Waals surface area contributed by atoms with E-state index in [4.69, 9.17) is 14.2 Å². The Morgan fingerprint density at radius 1 is 0.842 bits per heavy atom. The van der Waals surface area contributed by atoms with Crippen molar-refractivity contribution in [1.29, 1.82) is 0 Å². The molecule has 0 aromatic rings. The molecule has 2 fully saturated rings. The molecule has 2 aliphatic rings. The summed E-state index contributed by atoms with van der Waals surface area (Å²) in [6, 6.07) is 0. The number of ether oxygens (including phenoxy) is 3. The zero-order valence-corrected chi connectivity index (χ0v) is 22.6. The maximum atomic E-state index is 13.6. The summed E-state index contributed by atoms with van der Waals surface area (Å²) >= 11 is 0. The monoisotopic (exact) mass is 562 g/mol. The van der Waals surface area contributed by atoms with Crippen molar-refractivity contribution >= 4 is 5.97 Å². The molecular weight excluding hydrogens is 522 g/mol. The molecule has 2 N–H and O–H groups in total. The third-order valence-electron chi connectivity index (χ3n) is 8.28. The first-order valence-corrected chi connectivity index (χ1v) is 12.9.